The second-order valence-electron chi connectivity index (χ2n) is 2.17. The monoisotopic (exact) mass is 167 g/mol. The highest BCUT2D eigenvalue weighted by molar-refractivity contribution is 7.84. The van der Waals surface area contributed by atoms with Gasteiger partial charge in [-0.15, -0.1) is 0 Å². The third-order valence-corrected chi connectivity index (χ3v) is 2.33. The molecule has 0 unspecified atom stereocenters. The Labute approximate surface area is 61.3 Å². The predicted molar refractivity (Wildman–Crippen MR) is 38.6 cm³/mol. The maximum atomic E-state index is 10.5. The van der Waals surface area contributed by atoms with Crippen LogP contribution < -0.4 is 4.89 Å². The molecule has 0 aliphatic heterocycles. The fraction of sp³-hybridized carbons (Fsp3) is 1.00. The molecule has 0 heterocycles. The third-order valence-electron chi connectivity index (χ3n) is 1.18. The predicted octanol–water partition coefficient (Wildman–Crippen LogP) is -0.432. The van der Waals surface area contributed by atoms with Gasteiger partial charge in [-0.2, -0.15) is 8.42 Å². The summed E-state index contributed by atoms with van der Waals surface area (Å²) in [5.41, 5.74) is 0. The van der Waals surface area contributed by atoms with Crippen molar-refractivity contribution in [1.82, 2.24) is 0 Å². The van der Waals surface area contributed by atoms with Crippen molar-refractivity contribution in [2.75, 3.05) is 5.75 Å². The Morgan fingerprint density at radius 3 is 2.40 bits per heavy atom. The molecule has 0 fully saturated rings. The minimum absolute atomic E-state index is 0.00431. The zero-order valence-corrected chi connectivity index (χ0v) is 6.86. The Morgan fingerprint density at radius 2 is 2.00 bits per heavy atom. The molecule has 0 aromatic heterocycles. The van der Waals surface area contributed by atoms with Crippen molar-refractivity contribution >= 4 is 10.0 Å². The Hall–Kier alpha value is -0.130. The summed E-state index contributed by atoms with van der Waals surface area (Å²) in [6, 6.07) is 0. The van der Waals surface area contributed by atoms with E-state index in [0.717, 1.165) is 12.8 Å². The van der Waals surface area contributed by atoms with Crippen molar-refractivity contribution < 1.29 is 13.3 Å². The van der Waals surface area contributed by atoms with Gasteiger partial charge in [0, 0.05) is 0 Å². The van der Waals surface area contributed by atoms with Crippen LogP contribution in [0.4, 0.5) is 0 Å². The number of rotatable bonds is 5. The van der Waals surface area contributed by atoms with Gasteiger partial charge in [0.2, 0.25) is 0 Å². The second-order valence-corrected chi connectivity index (χ2v) is 4.10. The number of nitrogens with two attached hydrogens (primary N) is 1. The number of hydrogen-bond donors (Lipinski definition) is 1. The summed E-state index contributed by atoms with van der Waals surface area (Å²) < 4.78 is 21.0. The number of quaternary nitrogens is 1. The van der Waals surface area contributed by atoms with Gasteiger partial charge in [-0.05, 0) is 6.42 Å². The standard InChI is InChI=1S/C5H13NO3S/c1-2-3-4-5-10(8,9)6-7/h2-6H2,1H3. The molecule has 62 valence electrons. The van der Waals surface area contributed by atoms with E-state index in [1.165, 1.54) is 0 Å². The highest BCUT2D eigenvalue weighted by atomic mass is 32.2. The van der Waals surface area contributed by atoms with E-state index in [1.807, 2.05) is 6.92 Å². The zero-order valence-electron chi connectivity index (χ0n) is 6.04. The lowest BCUT2D eigenvalue weighted by atomic mass is 10.3. The summed E-state index contributed by atoms with van der Waals surface area (Å²) in [5, 5.41) is 9.83. The largest absolute Gasteiger partial charge is 0.620 e. The minimum atomic E-state index is -3.37. The molecule has 0 bridgehead atoms. The average Bonchev–Trinajstić information content (AvgIpc) is 1.89. The van der Waals surface area contributed by atoms with Gasteiger partial charge in [0.25, 0.3) is 10.0 Å². The number of hydrogen-bond acceptors (Lipinski definition) is 3. The summed E-state index contributed by atoms with van der Waals surface area (Å²) in [6.07, 6.45) is 2.43. The molecule has 0 aliphatic carbocycles. The zero-order chi connectivity index (χ0) is 8.04. The van der Waals surface area contributed by atoms with Gasteiger partial charge < -0.3 is 5.21 Å². The van der Waals surface area contributed by atoms with Crippen LogP contribution in [0.25, 0.3) is 0 Å². The normalized spacial score (nSPS) is 11.8. The van der Waals surface area contributed by atoms with Gasteiger partial charge in [0.1, 0.15) is 5.75 Å². The number of sulfonamides is 1. The van der Waals surface area contributed by atoms with Gasteiger partial charge in [-0.25, -0.2) is 0 Å². The van der Waals surface area contributed by atoms with E-state index < -0.39 is 10.0 Å². The number of unbranched alkanes of at least 4 members (excludes halogenated alkanes) is 2. The lowest BCUT2D eigenvalue weighted by Crippen LogP contribution is -2.81. The van der Waals surface area contributed by atoms with Crippen molar-refractivity contribution in [3.63, 3.8) is 0 Å². The molecule has 0 atom stereocenters. The van der Waals surface area contributed by atoms with Crippen LogP contribution in [0.3, 0.4) is 0 Å². The first-order chi connectivity index (χ1) is 4.62. The van der Waals surface area contributed by atoms with Crippen LogP contribution in [0.5, 0.6) is 0 Å². The molecular weight excluding hydrogens is 154 g/mol. The molecule has 0 aromatic carbocycles. The maximum absolute atomic E-state index is 10.5. The summed E-state index contributed by atoms with van der Waals surface area (Å²) in [6.45, 7) is 1.98. The maximum Gasteiger partial charge on any atom is 0.293 e. The van der Waals surface area contributed by atoms with E-state index in [-0.39, 0.29) is 10.6 Å². The lowest BCUT2D eigenvalue weighted by molar-refractivity contribution is -0.416. The molecule has 0 amide bonds. The highest BCUT2D eigenvalue weighted by Gasteiger charge is 2.06. The van der Waals surface area contributed by atoms with E-state index in [9.17, 15) is 13.6 Å². The SMILES string of the molecule is CCCCCS(=O)(=O)[NH2+][O-]. The lowest BCUT2D eigenvalue weighted by Gasteiger charge is -2.01. The van der Waals surface area contributed by atoms with Gasteiger partial charge in [0.15, 0.2) is 0 Å². The molecule has 5 heteroatoms. The third kappa shape index (κ3) is 4.72. The Balaban J connectivity index is 3.49. The Morgan fingerprint density at radius 1 is 1.40 bits per heavy atom. The van der Waals surface area contributed by atoms with Gasteiger partial charge >= 0.3 is 0 Å². The van der Waals surface area contributed by atoms with Crippen LogP contribution in [0.2, 0.25) is 0 Å². The molecule has 0 rings (SSSR count). The second kappa shape index (κ2) is 4.65. The summed E-state index contributed by atoms with van der Waals surface area (Å²) >= 11 is 0. The molecular formula is C5H13NO3S. The topological polar surface area (TPSA) is 73.8 Å². The molecule has 2 N–H and O–H groups in total. The van der Waals surface area contributed by atoms with Gasteiger partial charge in [-0.1, -0.05) is 19.8 Å². The molecule has 0 aromatic rings. The van der Waals surface area contributed by atoms with Gasteiger partial charge in [0.05, 0.1) is 0 Å². The molecule has 0 saturated heterocycles. The van der Waals surface area contributed by atoms with Crippen molar-refractivity contribution in [2.24, 2.45) is 0 Å². The molecule has 0 radical (unpaired) electrons. The first kappa shape index (κ1) is 9.87. The van der Waals surface area contributed by atoms with E-state index in [0.29, 0.717) is 6.42 Å². The molecule has 0 saturated carbocycles. The van der Waals surface area contributed by atoms with Crippen LogP contribution in [-0.4, -0.2) is 14.2 Å². The summed E-state index contributed by atoms with van der Waals surface area (Å²) in [7, 11) is -3.37. The minimum Gasteiger partial charge on any atom is -0.620 e. The highest BCUT2D eigenvalue weighted by Crippen LogP contribution is 1.94. The van der Waals surface area contributed by atoms with Crippen LogP contribution in [0.1, 0.15) is 26.2 Å². The van der Waals surface area contributed by atoms with E-state index in [1.54, 1.807) is 0 Å². The fourth-order valence-corrected chi connectivity index (χ4v) is 1.30. The summed E-state index contributed by atoms with van der Waals surface area (Å²) in [5.74, 6) is 0.00431. The van der Waals surface area contributed by atoms with E-state index >= 15 is 0 Å². The fourth-order valence-electron chi connectivity index (χ4n) is 0.601. The summed E-state index contributed by atoms with van der Waals surface area (Å²) in [4.78, 5) is 0.0304. The van der Waals surface area contributed by atoms with Crippen molar-refractivity contribution in [3.8, 4) is 0 Å². The first-order valence-corrected chi connectivity index (χ1v) is 5.02. The van der Waals surface area contributed by atoms with E-state index in [2.05, 4.69) is 0 Å². The Bertz CT molecular complexity index is 164. The molecule has 10 heavy (non-hydrogen) atoms. The number of primary sulfonamides is 1. The van der Waals surface area contributed by atoms with E-state index in [4.69, 9.17) is 0 Å². The van der Waals surface area contributed by atoms with Crippen LogP contribution in [0, 0.1) is 5.21 Å². The molecule has 0 aliphatic rings. The quantitative estimate of drug-likeness (QED) is 0.446. The van der Waals surface area contributed by atoms with Gasteiger partial charge in [-0.3, -0.25) is 4.89 Å². The van der Waals surface area contributed by atoms with Crippen molar-refractivity contribution in [1.29, 1.82) is 0 Å². The van der Waals surface area contributed by atoms with Crippen molar-refractivity contribution in [3.05, 3.63) is 5.21 Å². The average molecular weight is 167 g/mol. The Kier molecular flexibility index (Phi) is 4.59. The smallest absolute Gasteiger partial charge is 0.293 e. The molecule has 4 nitrogen and oxygen atoms in total. The molecule has 0 spiro atoms. The van der Waals surface area contributed by atoms with Crippen LogP contribution in [-0.2, 0) is 10.0 Å². The van der Waals surface area contributed by atoms with Crippen molar-refractivity contribution in [2.45, 2.75) is 26.2 Å². The van der Waals surface area contributed by atoms with Crippen LogP contribution in [0.15, 0.2) is 0 Å². The first-order valence-electron chi connectivity index (χ1n) is 3.30. The van der Waals surface area contributed by atoms with Crippen LogP contribution >= 0.6 is 0 Å².